The molecule has 0 radical (unpaired) electrons. The lowest BCUT2D eigenvalue weighted by molar-refractivity contribution is 1.18. The van der Waals surface area contributed by atoms with Gasteiger partial charge in [-0.05, 0) is 47.0 Å². The van der Waals surface area contributed by atoms with E-state index in [1.165, 1.54) is 22.3 Å². The van der Waals surface area contributed by atoms with Crippen LogP contribution in [-0.2, 0) is 0 Å². The number of para-hydroxylation sites is 1. The average molecular weight is 430 g/mol. The van der Waals surface area contributed by atoms with Gasteiger partial charge in [-0.15, -0.1) is 0 Å². The van der Waals surface area contributed by atoms with Crippen LogP contribution in [0.3, 0.4) is 0 Å². The quantitative estimate of drug-likeness (QED) is 0.265. The largest absolute Gasteiger partial charge is 0.309 e. The minimum atomic E-state index is 0.772. The van der Waals surface area contributed by atoms with Crippen LogP contribution >= 0.6 is 11.6 Å². The second-order valence-electron chi connectivity index (χ2n) is 7.95. The fourth-order valence-electron chi connectivity index (χ4n) is 4.63. The van der Waals surface area contributed by atoms with E-state index in [9.17, 15) is 0 Å². The van der Waals surface area contributed by atoms with Gasteiger partial charge in [0.15, 0.2) is 0 Å². The smallest absolute Gasteiger partial charge is 0.0556 e. The molecular weight excluding hydrogens is 410 g/mol. The van der Waals surface area contributed by atoms with Gasteiger partial charge in [-0.3, -0.25) is 0 Å². The highest BCUT2D eigenvalue weighted by Crippen LogP contribution is 2.40. The monoisotopic (exact) mass is 429 g/mol. The van der Waals surface area contributed by atoms with E-state index in [-0.39, 0.29) is 0 Å². The topological polar surface area (TPSA) is 4.93 Å². The summed E-state index contributed by atoms with van der Waals surface area (Å²) < 4.78 is 2.34. The molecule has 0 unspecified atom stereocenters. The van der Waals surface area contributed by atoms with Crippen LogP contribution in [0, 0.1) is 0 Å². The fourth-order valence-corrected chi connectivity index (χ4v) is 4.90. The maximum Gasteiger partial charge on any atom is 0.0556 e. The number of hydrogen-bond donors (Lipinski definition) is 0. The lowest BCUT2D eigenvalue weighted by Crippen LogP contribution is -1.97. The molecule has 0 atom stereocenters. The standard InChI is InChI=1S/C30H20ClN/c31-26-15-9-17-29-30(26)25-20-23(21-10-3-1-4-11-21)18-19-28(25)32(29)27-16-8-7-14-24(27)22-12-5-2-6-13-22/h1-20H. The van der Waals surface area contributed by atoms with Gasteiger partial charge in [-0.2, -0.15) is 0 Å². The van der Waals surface area contributed by atoms with Crippen molar-refractivity contribution in [3.05, 3.63) is 126 Å². The molecule has 0 bridgehead atoms. The summed E-state index contributed by atoms with van der Waals surface area (Å²) in [7, 11) is 0. The SMILES string of the molecule is Clc1cccc2c1c1cc(-c3ccccc3)ccc1n2-c1ccccc1-c1ccccc1. The Morgan fingerprint density at radius 3 is 1.97 bits per heavy atom. The third-order valence-corrected chi connectivity index (χ3v) is 6.39. The van der Waals surface area contributed by atoms with E-state index in [1.54, 1.807) is 0 Å². The summed E-state index contributed by atoms with van der Waals surface area (Å²) in [5.41, 5.74) is 8.19. The van der Waals surface area contributed by atoms with E-state index in [4.69, 9.17) is 11.6 Å². The van der Waals surface area contributed by atoms with Gasteiger partial charge in [0.2, 0.25) is 0 Å². The van der Waals surface area contributed by atoms with Gasteiger partial charge >= 0.3 is 0 Å². The molecule has 2 heteroatoms. The zero-order valence-corrected chi connectivity index (χ0v) is 18.1. The van der Waals surface area contributed by atoms with Crippen molar-refractivity contribution in [3.63, 3.8) is 0 Å². The molecule has 0 N–H and O–H groups in total. The van der Waals surface area contributed by atoms with Crippen LogP contribution in [0.4, 0.5) is 0 Å². The molecule has 0 spiro atoms. The van der Waals surface area contributed by atoms with E-state index in [0.29, 0.717) is 0 Å². The third-order valence-electron chi connectivity index (χ3n) is 6.08. The molecule has 1 aromatic heterocycles. The summed E-state index contributed by atoms with van der Waals surface area (Å²) in [6.07, 6.45) is 0. The van der Waals surface area contributed by atoms with Gasteiger partial charge in [-0.1, -0.05) is 103 Å². The minimum Gasteiger partial charge on any atom is -0.309 e. The highest BCUT2D eigenvalue weighted by molar-refractivity contribution is 6.38. The van der Waals surface area contributed by atoms with Crippen molar-refractivity contribution in [2.45, 2.75) is 0 Å². The maximum atomic E-state index is 6.78. The van der Waals surface area contributed by atoms with Gasteiger partial charge < -0.3 is 4.57 Å². The summed E-state index contributed by atoms with van der Waals surface area (Å²) in [6.45, 7) is 0. The van der Waals surface area contributed by atoms with Crippen molar-refractivity contribution in [2.75, 3.05) is 0 Å². The number of fused-ring (bicyclic) bond motifs is 3. The zero-order valence-electron chi connectivity index (χ0n) is 17.4. The molecule has 1 heterocycles. The predicted molar refractivity (Wildman–Crippen MR) is 137 cm³/mol. The molecule has 6 rings (SSSR count). The van der Waals surface area contributed by atoms with Crippen LogP contribution < -0.4 is 0 Å². The second kappa shape index (κ2) is 7.71. The summed E-state index contributed by atoms with van der Waals surface area (Å²) >= 11 is 6.78. The van der Waals surface area contributed by atoms with Crippen LogP contribution in [0.5, 0.6) is 0 Å². The van der Waals surface area contributed by atoms with Crippen LogP contribution in [-0.4, -0.2) is 4.57 Å². The molecule has 0 saturated carbocycles. The first kappa shape index (κ1) is 18.9. The molecule has 5 aromatic carbocycles. The van der Waals surface area contributed by atoms with Gasteiger partial charge in [0.05, 0.1) is 21.7 Å². The van der Waals surface area contributed by atoms with Crippen molar-refractivity contribution in [1.82, 2.24) is 4.57 Å². The Balaban J connectivity index is 1.70. The van der Waals surface area contributed by atoms with Gasteiger partial charge in [0.1, 0.15) is 0 Å². The fraction of sp³-hybridized carbons (Fsp3) is 0. The molecule has 0 amide bonds. The van der Waals surface area contributed by atoms with Crippen LogP contribution in [0.25, 0.3) is 49.7 Å². The molecule has 6 aromatic rings. The first-order chi connectivity index (χ1) is 15.8. The molecule has 0 aliphatic rings. The maximum absolute atomic E-state index is 6.78. The van der Waals surface area contributed by atoms with Crippen molar-refractivity contribution < 1.29 is 0 Å². The number of rotatable bonds is 3. The Bertz CT molecular complexity index is 1560. The van der Waals surface area contributed by atoms with Crippen molar-refractivity contribution in [3.8, 4) is 27.9 Å². The van der Waals surface area contributed by atoms with E-state index in [0.717, 1.165) is 32.5 Å². The number of hydrogen-bond acceptors (Lipinski definition) is 0. The van der Waals surface area contributed by atoms with Crippen LogP contribution in [0.2, 0.25) is 5.02 Å². The number of benzene rings is 5. The average Bonchev–Trinajstić information content (AvgIpc) is 3.20. The Morgan fingerprint density at radius 2 is 1.19 bits per heavy atom. The zero-order chi connectivity index (χ0) is 21.5. The van der Waals surface area contributed by atoms with Crippen molar-refractivity contribution in [2.24, 2.45) is 0 Å². The van der Waals surface area contributed by atoms with E-state index < -0.39 is 0 Å². The molecule has 0 saturated heterocycles. The molecule has 1 nitrogen and oxygen atoms in total. The van der Waals surface area contributed by atoms with Gasteiger partial charge in [0, 0.05) is 16.3 Å². The summed E-state index contributed by atoms with van der Waals surface area (Å²) in [6, 6.07) is 42.5. The van der Waals surface area contributed by atoms with E-state index >= 15 is 0 Å². The van der Waals surface area contributed by atoms with Crippen LogP contribution in [0.15, 0.2) is 121 Å². The summed E-state index contributed by atoms with van der Waals surface area (Å²) in [5, 5.41) is 3.02. The highest BCUT2D eigenvalue weighted by atomic mass is 35.5. The second-order valence-corrected chi connectivity index (χ2v) is 8.36. The molecular formula is C30H20ClN. The highest BCUT2D eigenvalue weighted by Gasteiger charge is 2.17. The van der Waals surface area contributed by atoms with E-state index in [1.807, 2.05) is 18.2 Å². The Hall–Kier alpha value is -3.81. The predicted octanol–water partition coefficient (Wildman–Crippen LogP) is 8.77. The molecule has 0 fully saturated rings. The van der Waals surface area contributed by atoms with Crippen LogP contribution in [0.1, 0.15) is 0 Å². The van der Waals surface area contributed by atoms with Crippen molar-refractivity contribution in [1.29, 1.82) is 0 Å². The Morgan fingerprint density at radius 1 is 0.500 bits per heavy atom. The summed E-state index contributed by atoms with van der Waals surface area (Å²) in [5.74, 6) is 0. The molecule has 32 heavy (non-hydrogen) atoms. The first-order valence-electron chi connectivity index (χ1n) is 10.7. The summed E-state index contributed by atoms with van der Waals surface area (Å²) in [4.78, 5) is 0. The molecule has 152 valence electrons. The lowest BCUT2D eigenvalue weighted by atomic mass is 10.0. The Labute approximate surface area is 192 Å². The Kier molecular flexibility index (Phi) is 4.56. The normalized spacial score (nSPS) is 11.3. The number of nitrogens with zero attached hydrogens (tertiary/aromatic N) is 1. The van der Waals surface area contributed by atoms with Crippen molar-refractivity contribution >= 4 is 33.4 Å². The molecule has 0 aliphatic heterocycles. The lowest BCUT2D eigenvalue weighted by Gasteiger charge is -2.14. The van der Waals surface area contributed by atoms with Gasteiger partial charge in [0.25, 0.3) is 0 Å². The number of halogens is 1. The van der Waals surface area contributed by atoms with Gasteiger partial charge in [-0.25, -0.2) is 0 Å². The first-order valence-corrected chi connectivity index (χ1v) is 11.1. The molecule has 0 aliphatic carbocycles. The third kappa shape index (κ3) is 3.02. The number of aromatic nitrogens is 1. The minimum absolute atomic E-state index is 0.772. The van der Waals surface area contributed by atoms with E-state index in [2.05, 4.69) is 108 Å².